The highest BCUT2D eigenvalue weighted by Crippen LogP contribution is 2.30. The van der Waals surface area contributed by atoms with E-state index >= 15 is 0 Å². The number of aryl methyl sites for hydroxylation is 1. The van der Waals surface area contributed by atoms with Crippen LogP contribution in [-0.2, 0) is 9.53 Å². The van der Waals surface area contributed by atoms with Gasteiger partial charge in [-0.15, -0.1) is 11.3 Å². The molecule has 0 bridgehead atoms. The maximum absolute atomic E-state index is 12.5. The number of amides is 1. The van der Waals surface area contributed by atoms with Crippen molar-refractivity contribution in [1.82, 2.24) is 4.98 Å². The molecule has 1 aromatic carbocycles. The van der Waals surface area contributed by atoms with Gasteiger partial charge in [0.15, 0.2) is 6.10 Å². The fourth-order valence-corrected chi connectivity index (χ4v) is 4.07. The van der Waals surface area contributed by atoms with Crippen LogP contribution in [0, 0.1) is 6.92 Å². The Balaban J connectivity index is 1.61. The lowest BCUT2D eigenvalue weighted by Gasteiger charge is -2.13. The van der Waals surface area contributed by atoms with Gasteiger partial charge < -0.3 is 14.8 Å². The fourth-order valence-electron chi connectivity index (χ4n) is 2.41. The van der Waals surface area contributed by atoms with Gasteiger partial charge in [0.1, 0.15) is 15.6 Å². The number of ether oxygens (including phenoxy) is 2. The molecule has 1 N–H and O–H groups in total. The summed E-state index contributed by atoms with van der Waals surface area (Å²) in [5.41, 5.74) is 2.17. The number of thiophene rings is 1. The van der Waals surface area contributed by atoms with Crippen molar-refractivity contribution >= 4 is 40.2 Å². The van der Waals surface area contributed by atoms with Gasteiger partial charge in [0, 0.05) is 16.6 Å². The third-order valence-electron chi connectivity index (χ3n) is 3.84. The predicted molar refractivity (Wildman–Crippen MR) is 111 cm³/mol. The predicted octanol–water partition coefficient (Wildman–Crippen LogP) is 4.76. The molecule has 0 aliphatic heterocycles. The van der Waals surface area contributed by atoms with Crippen LogP contribution in [0.3, 0.4) is 0 Å². The Morgan fingerprint density at radius 3 is 2.61 bits per heavy atom. The second kappa shape index (κ2) is 8.99. The van der Waals surface area contributed by atoms with Crippen LogP contribution >= 0.6 is 22.7 Å². The monoisotopic (exact) mass is 416 g/mol. The Morgan fingerprint density at radius 1 is 1.21 bits per heavy atom. The molecule has 0 saturated carbocycles. The van der Waals surface area contributed by atoms with Gasteiger partial charge in [-0.3, -0.25) is 4.79 Å². The zero-order valence-electron chi connectivity index (χ0n) is 15.7. The van der Waals surface area contributed by atoms with Crippen LogP contribution < -0.4 is 10.1 Å². The standard InChI is InChI=1S/C20H20N2O4S2/c1-4-25-16-7-5-15(6-8-16)22-18(23)13(3)26-20(24)17-12(2)21-19(28-17)14-9-10-27-11-14/h5-11,13H,4H2,1-3H3,(H,22,23). The third-order valence-corrected chi connectivity index (χ3v) is 5.71. The molecule has 28 heavy (non-hydrogen) atoms. The normalized spacial score (nSPS) is 11.7. The summed E-state index contributed by atoms with van der Waals surface area (Å²) in [5, 5.41) is 7.42. The van der Waals surface area contributed by atoms with Crippen LogP contribution in [0.1, 0.15) is 29.2 Å². The zero-order valence-corrected chi connectivity index (χ0v) is 17.4. The van der Waals surface area contributed by atoms with Crippen LogP contribution in [0.4, 0.5) is 5.69 Å². The second-order valence-corrected chi connectivity index (χ2v) is 7.72. The summed E-state index contributed by atoms with van der Waals surface area (Å²) in [5.74, 6) is -0.231. The molecule has 2 heterocycles. The first kappa shape index (κ1) is 20.0. The maximum Gasteiger partial charge on any atom is 0.351 e. The number of hydrogen-bond acceptors (Lipinski definition) is 7. The summed E-state index contributed by atoms with van der Waals surface area (Å²) >= 11 is 2.83. The average molecular weight is 417 g/mol. The SMILES string of the molecule is CCOc1ccc(NC(=O)C(C)OC(=O)c2sc(-c3ccsc3)nc2C)cc1. The van der Waals surface area contributed by atoms with Gasteiger partial charge in [0.05, 0.1) is 12.3 Å². The molecule has 0 aliphatic carbocycles. The molecular formula is C20H20N2O4S2. The van der Waals surface area contributed by atoms with Crippen LogP contribution in [0.15, 0.2) is 41.1 Å². The number of benzene rings is 1. The van der Waals surface area contributed by atoms with Crippen LogP contribution in [0.2, 0.25) is 0 Å². The number of rotatable bonds is 7. The molecule has 3 aromatic rings. The summed E-state index contributed by atoms with van der Waals surface area (Å²) < 4.78 is 10.7. The van der Waals surface area contributed by atoms with Gasteiger partial charge in [-0.05, 0) is 56.5 Å². The zero-order chi connectivity index (χ0) is 20.1. The summed E-state index contributed by atoms with van der Waals surface area (Å²) in [6.07, 6.45) is -0.940. The number of carbonyl (C=O) groups excluding carboxylic acids is 2. The number of aromatic nitrogens is 1. The number of anilines is 1. The van der Waals surface area contributed by atoms with E-state index in [1.807, 2.05) is 23.8 Å². The molecule has 2 aromatic heterocycles. The van der Waals surface area contributed by atoms with Gasteiger partial charge in [0.25, 0.3) is 5.91 Å². The van der Waals surface area contributed by atoms with E-state index in [9.17, 15) is 9.59 Å². The van der Waals surface area contributed by atoms with Crippen molar-refractivity contribution in [2.75, 3.05) is 11.9 Å². The van der Waals surface area contributed by atoms with Crippen LogP contribution in [0.5, 0.6) is 5.75 Å². The quantitative estimate of drug-likeness (QED) is 0.562. The molecule has 8 heteroatoms. The minimum absolute atomic E-state index is 0.405. The average Bonchev–Trinajstić information content (AvgIpc) is 3.33. The van der Waals surface area contributed by atoms with E-state index in [4.69, 9.17) is 9.47 Å². The highest BCUT2D eigenvalue weighted by atomic mass is 32.1. The Bertz CT molecular complexity index is 949. The van der Waals surface area contributed by atoms with Crippen molar-refractivity contribution in [1.29, 1.82) is 0 Å². The molecule has 0 aliphatic rings. The molecule has 1 amide bonds. The molecule has 6 nitrogen and oxygen atoms in total. The Labute approximate surface area is 171 Å². The van der Waals surface area contributed by atoms with Crippen LogP contribution in [-0.4, -0.2) is 29.6 Å². The van der Waals surface area contributed by atoms with E-state index in [0.29, 0.717) is 22.9 Å². The number of carbonyl (C=O) groups is 2. The highest BCUT2D eigenvalue weighted by Gasteiger charge is 2.23. The van der Waals surface area contributed by atoms with Gasteiger partial charge in [-0.25, -0.2) is 9.78 Å². The first-order chi connectivity index (χ1) is 13.5. The van der Waals surface area contributed by atoms with Crippen molar-refractivity contribution < 1.29 is 19.1 Å². The van der Waals surface area contributed by atoms with E-state index < -0.39 is 18.0 Å². The minimum Gasteiger partial charge on any atom is -0.494 e. The minimum atomic E-state index is -0.940. The van der Waals surface area contributed by atoms with Gasteiger partial charge in [0.2, 0.25) is 0 Å². The lowest BCUT2D eigenvalue weighted by Crippen LogP contribution is -2.29. The molecule has 1 unspecified atom stereocenters. The van der Waals surface area contributed by atoms with Crippen molar-refractivity contribution in [3.63, 3.8) is 0 Å². The lowest BCUT2D eigenvalue weighted by atomic mass is 10.3. The number of nitrogens with zero attached hydrogens (tertiary/aromatic N) is 1. The summed E-state index contributed by atoms with van der Waals surface area (Å²) in [4.78, 5) is 29.7. The number of thiazole rings is 1. The first-order valence-corrected chi connectivity index (χ1v) is 10.5. The Hall–Kier alpha value is -2.71. The molecule has 3 rings (SSSR count). The first-order valence-electron chi connectivity index (χ1n) is 8.72. The van der Waals surface area contributed by atoms with E-state index in [-0.39, 0.29) is 0 Å². The lowest BCUT2D eigenvalue weighted by molar-refractivity contribution is -0.123. The topological polar surface area (TPSA) is 77.5 Å². The smallest absolute Gasteiger partial charge is 0.351 e. The third kappa shape index (κ3) is 4.76. The highest BCUT2D eigenvalue weighted by molar-refractivity contribution is 7.17. The summed E-state index contributed by atoms with van der Waals surface area (Å²) in [6, 6.07) is 8.95. The largest absolute Gasteiger partial charge is 0.494 e. The van der Waals surface area contributed by atoms with Crippen molar-refractivity contribution in [2.45, 2.75) is 26.9 Å². The van der Waals surface area contributed by atoms with Crippen LogP contribution in [0.25, 0.3) is 10.6 Å². The number of hydrogen-bond donors (Lipinski definition) is 1. The Morgan fingerprint density at radius 2 is 1.96 bits per heavy atom. The van der Waals surface area contributed by atoms with Crippen molar-refractivity contribution in [3.8, 4) is 16.3 Å². The fraction of sp³-hybridized carbons (Fsp3) is 0.250. The molecule has 146 valence electrons. The number of esters is 1. The van der Waals surface area contributed by atoms with E-state index in [1.54, 1.807) is 42.5 Å². The summed E-state index contributed by atoms with van der Waals surface area (Å²) in [6.45, 7) is 5.77. The van der Waals surface area contributed by atoms with E-state index in [0.717, 1.165) is 16.3 Å². The van der Waals surface area contributed by atoms with Gasteiger partial charge in [-0.1, -0.05) is 0 Å². The van der Waals surface area contributed by atoms with E-state index in [1.165, 1.54) is 18.3 Å². The molecule has 0 fully saturated rings. The molecular weight excluding hydrogens is 396 g/mol. The second-order valence-electron chi connectivity index (χ2n) is 5.94. The van der Waals surface area contributed by atoms with E-state index in [2.05, 4.69) is 10.3 Å². The number of nitrogens with one attached hydrogen (secondary N) is 1. The van der Waals surface area contributed by atoms with Crippen molar-refractivity contribution in [2.24, 2.45) is 0 Å². The summed E-state index contributed by atoms with van der Waals surface area (Å²) in [7, 11) is 0. The van der Waals surface area contributed by atoms with Gasteiger partial charge >= 0.3 is 5.97 Å². The maximum atomic E-state index is 12.5. The molecule has 1 atom stereocenters. The Kier molecular flexibility index (Phi) is 6.43. The van der Waals surface area contributed by atoms with Gasteiger partial charge in [-0.2, -0.15) is 11.3 Å². The molecule has 0 saturated heterocycles. The van der Waals surface area contributed by atoms with Crippen molar-refractivity contribution in [3.05, 3.63) is 51.7 Å². The molecule has 0 spiro atoms. The molecule has 0 radical (unpaired) electrons.